The van der Waals surface area contributed by atoms with Crippen molar-refractivity contribution < 1.29 is 38.7 Å². The number of aliphatic hydroxyl groups is 1. The molecule has 18 heteroatoms. The minimum Gasteiger partial charge on any atom is -0.488 e. The Labute approximate surface area is 424 Å². The molecular formula is C52H45Cl4N6O8+. The van der Waals surface area contributed by atoms with E-state index in [-0.39, 0.29) is 95.5 Å². The van der Waals surface area contributed by atoms with Gasteiger partial charge in [-0.25, -0.2) is 0 Å². The molecule has 6 aromatic rings. The fraction of sp³-hybridized carbons (Fsp3) is 0.269. The second kappa shape index (κ2) is 22.9. The average Bonchev–Trinajstić information content (AvgIpc) is 3.37. The number of β-amino-alcohol motifs (C(OH)–C–C–N with tert-alkyl or cyclic N) is 1. The number of amides is 2. The number of ether oxygens (including phenoxy) is 4. The first-order valence-electron chi connectivity index (χ1n) is 22.3. The van der Waals surface area contributed by atoms with Crippen LogP contribution >= 0.6 is 46.4 Å². The Morgan fingerprint density at radius 2 is 1.09 bits per heavy atom. The summed E-state index contributed by atoms with van der Waals surface area (Å²) in [6.07, 6.45) is 7.65. The third kappa shape index (κ3) is 11.9. The molecule has 2 saturated heterocycles. The highest BCUT2D eigenvalue weighted by Gasteiger charge is 2.30. The summed E-state index contributed by atoms with van der Waals surface area (Å²) in [7, 11) is 0. The third-order valence-electron chi connectivity index (χ3n) is 11.8. The summed E-state index contributed by atoms with van der Waals surface area (Å²) in [6.45, 7) is 1.36. The Bertz CT molecular complexity index is 2820. The van der Waals surface area contributed by atoms with Gasteiger partial charge in [-0.3, -0.25) is 19.6 Å². The molecule has 0 spiro atoms. The Kier molecular flexibility index (Phi) is 16.3. The number of hydrogen-bond acceptors (Lipinski definition) is 11. The van der Waals surface area contributed by atoms with E-state index in [0.29, 0.717) is 93.3 Å². The van der Waals surface area contributed by atoms with Crippen molar-refractivity contribution in [1.82, 2.24) is 19.8 Å². The van der Waals surface area contributed by atoms with Crippen LogP contribution in [0.5, 0.6) is 23.0 Å². The average molecular weight is 1020 g/mol. The Morgan fingerprint density at radius 3 is 1.54 bits per heavy atom. The minimum atomic E-state index is -0.642. The van der Waals surface area contributed by atoms with Crippen LogP contribution in [0.1, 0.15) is 79.8 Å². The Balaban J connectivity index is 1.01. The molecule has 70 heavy (non-hydrogen) atoms. The Morgan fingerprint density at radius 1 is 0.629 bits per heavy atom. The van der Waals surface area contributed by atoms with Crippen LogP contribution in [-0.2, 0) is 26.4 Å². The second-order valence-corrected chi connectivity index (χ2v) is 18.4. The SMILES string of the molecule is N#Cc1cncc(COc2cc(OCc3cccc(-c4cccc(COc5cc(OCc6cncc(C#N)c6)c(C(=O)N6CCCC([OH2+])C6)cc5Cl)c4Cl)c3Cl)c(Cl)cc2C(=O)N2CCCC(O)C2)c1. The highest BCUT2D eigenvalue weighted by Crippen LogP contribution is 2.41. The maximum absolute atomic E-state index is 13.8. The normalized spacial score (nSPS) is 15.7. The highest BCUT2D eigenvalue weighted by atomic mass is 35.5. The standard InChI is InChI=1S/C52H44Cl4N6O8/c53-43-15-41(51(65)61-11-3-7-37(63)25-61)45(67-27-33-13-31(19-57)21-59-23-33)17-47(43)69-29-35-5-1-9-39(49(35)55)40-10-2-6-36(50(40)56)30-70-48-18-46(68-28-34-14-32(20-58)22-60-24-34)42(16-44(48)54)52(66)62-12-4-8-38(64)26-62/h1-2,5-6,9-10,13-18,21-24,37-38,63-64H,3-4,7-8,11-12,25-30H2/p+1. The summed E-state index contributed by atoms with van der Waals surface area (Å²) in [5, 5.41) is 38.4. The van der Waals surface area contributed by atoms with Crippen molar-refractivity contribution in [2.24, 2.45) is 0 Å². The van der Waals surface area contributed by atoms with Gasteiger partial charge in [-0.15, -0.1) is 0 Å². The molecule has 0 radical (unpaired) electrons. The zero-order chi connectivity index (χ0) is 49.3. The van der Waals surface area contributed by atoms with Gasteiger partial charge in [0.2, 0.25) is 0 Å². The van der Waals surface area contributed by atoms with Crippen molar-refractivity contribution >= 4 is 58.2 Å². The zero-order valence-corrected chi connectivity index (χ0v) is 40.5. The van der Waals surface area contributed by atoms with Crippen molar-refractivity contribution in [3.8, 4) is 46.3 Å². The lowest BCUT2D eigenvalue weighted by atomic mass is 10.0. The van der Waals surface area contributed by atoms with E-state index in [0.717, 1.165) is 0 Å². The second-order valence-electron chi connectivity index (χ2n) is 16.8. The van der Waals surface area contributed by atoms with E-state index in [2.05, 4.69) is 22.1 Å². The quantitative estimate of drug-likeness (QED) is 0.0963. The lowest BCUT2D eigenvalue weighted by Crippen LogP contribution is -2.42. The fourth-order valence-corrected chi connectivity index (χ4v) is 9.19. The number of rotatable bonds is 15. The molecule has 0 aliphatic carbocycles. The van der Waals surface area contributed by atoms with Crippen molar-refractivity contribution in [1.29, 1.82) is 10.5 Å². The van der Waals surface area contributed by atoms with Crippen LogP contribution < -0.4 is 18.9 Å². The largest absolute Gasteiger partial charge is 0.488 e. The maximum atomic E-state index is 13.8. The van der Waals surface area contributed by atoms with E-state index in [9.17, 15) is 25.2 Å². The van der Waals surface area contributed by atoms with Gasteiger partial charge < -0.3 is 39.0 Å². The van der Waals surface area contributed by atoms with E-state index in [1.807, 2.05) is 24.3 Å². The van der Waals surface area contributed by atoms with Crippen LogP contribution in [0.15, 0.2) is 97.6 Å². The van der Waals surface area contributed by atoms with Crippen molar-refractivity contribution in [2.45, 2.75) is 64.3 Å². The fourth-order valence-electron chi connectivity index (χ4n) is 8.19. The van der Waals surface area contributed by atoms with Gasteiger partial charge in [-0.1, -0.05) is 82.8 Å². The maximum Gasteiger partial charge on any atom is 0.257 e. The number of likely N-dealkylation sites (tertiary alicyclic amines) is 2. The number of aromatic nitrogens is 2. The number of nitriles is 2. The Hall–Kier alpha value is -6.62. The number of nitrogens with zero attached hydrogens (tertiary/aromatic N) is 6. The molecule has 2 amide bonds. The first-order valence-corrected chi connectivity index (χ1v) is 23.8. The molecule has 8 rings (SSSR count). The summed E-state index contributed by atoms with van der Waals surface area (Å²) in [4.78, 5) is 39.1. The molecule has 4 heterocycles. The molecule has 4 aromatic carbocycles. The molecule has 14 nitrogen and oxygen atoms in total. The van der Waals surface area contributed by atoms with Crippen LogP contribution in [0.4, 0.5) is 0 Å². The number of carbonyl (C=O) groups is 2. The van der Waals surface area contributed by atoms with Crippen LogP contribution in [0, 0.1) is 22.7 Å². The van der Waals surface area contributed by atoms with Gasteiger partial charge >= 0.3 is 0 Å². The van der Waals surface area contributed by atoms with Gasteiger partial charge in [-0.2, -0.15) is 10.5 Å². The van der Waals surface area contributed by atoms with Crippen molar-refractivity contribution in [3.05, 3.63) is 162 Å². The number of halogens is 4. The van der Waals surface area contributed by atoms with Gasteiger partial charge in [0.25, 0.3) is 11.8 Å². The summed E-state index contributed by atoms with van der Waals surface area (Å²) in [5.74, 6) is 0.164. The molecule has 2 aliphatic heterocycles. The molecule has 0 saturated carbocycles. The number of aliphatic hydroxyl groups excluding tert-OH is 1. The smallest absolute Gasteiger partial charge is 0.257 e. The molecule has 2 aliphatic rings. The van der Waals surface area contributed by atoms with Crippen LogP contribution in [0.3, 0.4) is 0 Å². The summed E-state index contributed by atoms with van der Waals surface area (Å²) < 4.78 is 24.9. The predicted molar refractivity (Wildman–Crippen MR) is 264 cm³/mol. The molecule has 0 bridgehead atoms. The van der Waals surface area contributed by atoms with Crippen molar-refractivity contribution in [2.75, 3.05) is 26.2 Å². The van der Waals surface area contributed by atoms with Gasteiger partial charge in [-0.05, 0) is 43.5 Å². The number of pyridine rings is 2. The topological polar surface area (TPSA) is 194 Å². The summed E-state index contributed by atoms with van der Waals surface area (Å²) >= 11 is 27.8. The van der Waals surface area contributed by atoms with Crippen LogP contribution in [0.2, 0.25) is 20.1 Å². The number of piperidine rings is 2. The minimum absolute atomic E-state index is 0.00321. The predicted octanol–water partition coefficient (Wildman–Crippen LogP) is 9.74. The zero-order valence-electron chi connectivity index (χ0n) is 37.5. The number of hydrogen-bond donors (Lipinski definition) is 1. The number of carbonyl (C=O) groups excluding carboxylic acids is 2. The van der Waals surface area contributed by atoms with Gasteiger partial charge in [0.15, 0.2) is 6.10 Å². The molecular weight excluding hydrogens is 978 g/mol. The van der Waals surface area contributed by atoms with Crippen LogP contribution in [-0.4, -0.2) is 80.2 Å². The highest BCUT2D eigenvalue weighted by molar-refractivity contribution is 6.37. The van der Waals surface area contributed by atoms with E-state index >= 15 is 0 Å². The van der Waals surface area contributed by atoms with Crippen LogP contribution in [0.25, 0.3) is 11.1 Å². The molecule has 3 N–H and O–H groups in total. The van der Waals surface area contributed by atoms with Gasteiger partial charge in [0, 0.05) is 96.4 Å². The number of benzene rings is 4. The van der Waals surface area contributed by atoms with Crippen molar-refractivity contribution in [3.63, 3.8) is 0 Å². The molecule has 2 unspecified atom stereocenters. The lowest BCUT2D eigenvalue weighted by molar-refractivity contribution is 0.0468. The summed E-state index contributed by atoms with van der Waals surface area (Å²) in [5.41, 5.74) is 4.78. The molecule has 2 fully saturated rings. The van der Waals surface area contributed by atoms with E-state index < -0.39 is 12.2 Å². The third-order valence-corrected chi connectivity index (χ3v) is 13.3. The van der Waals surface area contributed by atoms with E-state index in [1.165, 1.54) is 30.6 Å². The molecule has 2 atom stereocenters. The first-order chi connectivity index (χ1) is 33.9. The molecule has 2 aromatic heterocycles. The monoisotopic (exact) mass is 1020 g/mol. The van der Waals surface area contributed by atoms with Gasteiger partial charge in [0.05, 0.1) is 55.0 Å². The van der Waals surface area contributed by atoms with E-state index in [4.69, 9.17) is 70.5 Å². The summed E-state index contributed by atoms with van der Waals surface area (Å²) in [6, 6.07) is 24.4. The van der Waals surface area contributed by atoms with Gasteiger partial charge in [0.1, 0.15) is 61.6 Å². The lowest BCUT2D eigenvalue weighted by Gasteiger charge is -2.30. The van der Waals surface area contributed by atoms with E-state index in [1.54, 1.807) is 52.5 Å². The molecule has 358 valence electrons. The first kappa shape index (κ1) is 49.8.